The van der Waals surface area contributed by atoms with Crippen molar-refractivity contribution in [3.05, 3.63) is 0 Å². The fourth-order valence-corrected chi connectivity index (χ4v) is 4.13. The summed E-state index contributed by atoms with van der Waals surface area (Å²) in [5, 5.41) is 0. The summed E-state index contributed by atoms with van der Waals surface area (Å²) >= 11 is 0. The molecule has 1 aliphatic carbocycles. The Kier molecular flexibility index (Phi) is 11.5. The second-order valence-electron chi connectivity index (χ2n) is 7.16. The average molecular weight is 281 g/mol. The van der Waals surface area contributed by atoms with Crippen LogP contribution in [0.25, 0.3) is 0 Å². The lowest BCUT2D eigenvalue weighted by atomic mass is 9.80. The summed E-state index contributed by atoms with van der Waals surface area (Å²) in [4.78, 5) is 0. The molecule has 0 amide bonds. The Morgan fingerprint density at radius 3 is 0.950 bits per heavy atom. The number of hydrogen-bond donors (Lipinski definition) is 0. The fourth-order valence-electron chi connectivity index (χ4n) is 4.13. The summed E-state index contributed by atoms with van der Waals surface area (Å²) in [6, 6.07) is 0. The minimum atomic E-state index is 1.02. The van der Waals surface area contributed by atoms with Crippen LogP contribution >= 0.6 is 0 Å². The van der Waals surface area contributed by atoms with Crippen LogP contribution in [0.1, 0.15) is 117 Å². The van der Waals surface area contributed by atoms with Crippen LogP contribution in [0.5, 0.6) is 0 Å². The van der Waals surface area contributed by atoms with Crippen molar-refractivity contribution in [2.45, 2.75) is 117 Å². The molecule has 0 heteroatoms. The van der Waals surface area contributed by atoms with E-state index < -0.39 is 0 Å². The maximum atomic E-state index is 2.42. The highest BCUT2D eigenvalue weighted by Gasteiger charge is 2.17. The molecular formula is C20H40. The van der Waals surface area contributed by atoms with E-state index in [1.54, 1.807) is 0 Å². The molecule has 1 fully saturated rings. The van der Waals surface area contributed by atoms with Gasteiger partial charge in [-0.25, -0.2) is 0 Å². The summed E-state index contributed by atoms with van der Waals surface area (Å²) in [7, 11) is 0. The van der Waals surface area contributed by atoms with E-state index in [1.165, 1.54) is 103 Å². The van der Waals surface area contributed by atoms with Crippen LogP contribution < -0.4 is 0 Å². The lowest BCUT2D eigenvalue weighted by Crippen LogP contribution is -2.13. The normalized spacial score (nSPS) is 29.1. The molecule has 2 atom stereocenters. The van der Waals surface area contributed by atoms with E-state index in [1.807, 2.05) is 0 Å². The van der Waals surface area contributed by atoms with Crippen LogP contribution in [0, 0.1) is 11.8 Å². The molecule has 0 heterocycles. The smallest absolute Gasteiger partial charge is 0.0389 e. The predicted molar refractivity (Wildman–Crippen MR) is 92.2 cm³/mol. The standard InChI is InChI=1S/C20H40/c1-3-19-17-15-13-11-9-7-5-6-8-10-12-14-16-18-20(19)4-2/h19-20H,3-18H2,1-2H3. The second-order valence-corrected chi connectivity index (χ2v) is 7.16. The molecule has 1 rings (SSSR count). The Bertz CT molecular complexity index is 174. The second kappa shape index (κ2) is 12.7. The average Bonchev–Trinajstić information content (AvgIpc) is 2.47. The van der Waals surface area contributed by atoms with Gasteiger partial charge < -0.3 is 0 Å². The molecule has 0 aromatic heterocycles. The molecule has 0 aliphatic heterocycles. The van der Waals surface area contributed by atoms with Crippen LogP contribution in [0.4, 0.5) is 0 Å². The van der Waals surface area contributed by atoms with Crippen molar-refractivity contribution in [2.24, 2.45) is 11.8 Å². The van der Waals surface area contributed by atoms with Crippen LogP contribution in [0.3, 0.4) is 0 Å². The first kappa shape index (κ1) is 18.1. The van der Waals surface area contributed by atoms with Crippen LogP contribution in [-0.2, 0) is 0 Å². The van der Waals surface area contributed by atoms with Crippen molar-refractivity contribution < 1.29 is 0 Å². The third-order valence-corrected chi connectivity index (χ3v) is 5.62. The first-order valence-electron chi connectivity index (χ1n) is 9.88. The minimum absolute atomic E-state index is 1.02. The molecule has 0 N–H and O–H groups in total. The van der Waals surface area contributed by atoms with E-state index in [0.29, 0.717) is 0 Å². The van der Waals surface area contributed by atoms with E-state index in [2.05, 4.69) is 13.8 Å². The third-order valence-electron chi connectivity index (χ3n) is 5.62. The summed E-state index contributed by atoms with van der Waals surface area (Å²) < 4.78 is 0. The van der Waals surface area contributed by atoms with Gasteiger partial charge in [-0.2, -0.15) is 0 Å². The van der Waals surface area contributed by atoms with Crippen LogP contribution in [0.2, 0.25) is 0 Å². The maximum absolute atomic E-state index is 2.42. The van der Waals surface area contributed by atoms with Crippen LogP contribution in [0.15, 0.2) is 0 Å². The van der Waals surface area contributed by atoms with Gasteiger partial charge in [0.15, 0.2) is 0 Å². The minimum Gasteiger partial charge on any atom is -0.0651 e. The van der Waals surface area contributed by atoms with Gasteiger partial charge in [0.2, 0.25) is 0 Å². The Morgan fingerprint density at radius 1 is 0.450 bits per heavy atom. The lowest BCUT2D eigenvalue weighted by molar-refractivity contribution is 0.262. The highest BCUT2D eigenvalue weighted by Crippen LogP contribution is 2.30. The van der Waals surface area contributed by atoms with Gasteiger partial charge >= 0.3 is 0 Å². The van der Waals surface area contributed by atoms with Gasteiger partial charge in [-0.15, -0.1) is 0 Å². The molecule has 0 aromatic rings. The van der Waals surface area contributed by atoms with Gasteiger partial charge in [-0.3, -0.25) is 0 Å². The molecule has 0 nitrogen and oxygen atoms in total. The third kappa shape index (κ3) is 8.32. The summed E-state index contributed by atoms with van der Waals surface area (Å²) in [6.45, 7) is 4.84. The lowest BCUT2D eigenvalue weighted by Gasteiger charge is -2.25. The molecule has 120 valence electrons. The zero-order valence-corrected chi connectivity index (χ0v) is 14.5. The molecule has 0 spiro atoms. The van der Waals surface area contributed by atoms with Crippen molar-refractivity contribution in [3.8, 4) is 0 Å². The first-order valence-corrected chi connectivity index (χ1v) is 9.88. The molecule has 0 bridgehead atoms. The topological polar surface area (TPSA) is 0 Å². The Balaban J connectivity index is 2.34. The van der Waals surface area contributed by atoms with E-state index in [-0.39, 0.29) is 0 Å². The first-order chi connectivity index (χ1) is 9.88. The number of hydrogen-bond acceptors (Lipinski definition) is 0. The van der Waals surface area contributed by atoms with Gasteiger partial charge in [0, 0.05) is 0 Å². The SMILES string of the molecule is CCC1CCCCCCCCCCCCCCC1CC. The van der Waals surface area contributed by atoms with Crippen molar-refractivity contribution in [2.75, 3.05) is 0 Å². The van der Waals surface area contributed by atoms with Crippen LogP contribution in [-0.4, -0.2) is 0 Å². The molecule has 0 saturated heterocycles. The van der Waals surface area contributed by atoms with Gasteiger partial charge in [0.1, 0.15) is 0 Å². The van der Waals surface area contributed by atoms with Gasteiger partial charge in [-0.1, -0.05) is 117 Å². The number of rotatable bonds is 2. The molecule has 0 aromatic carbocycles. The molecule has 1 aliphatic rings. The molecule has 2 unspecified atom stereocenters. The van der Waals surface area contributed by atoms with Crippen molar-refractivity contribution in [1.82, 2.24) is 0 Å². The fraction of sp³-hybridized carbons (Fsp3) is 1.00. The zero-order valence-electron chi connectivity index (χ0n) is 14.5. The van der Waals surface area contributed by atoms with E-state index in [9.17, 15) is 0 Å². The highest BCUT2D eigenvalue weighted by atomic mass is 14.2. The van der Waals surface area contributed by atoms with Crippen molar-refractivity contribution in [3.63, 3.8) is 0 Å². The van der Waals surface area contributed by atoms with Crippen molar-refractivity contribution in [1.29, 1.82) is 0 Å². The molecular weight excluding hydrogens is 240 g/mol. The molecule has 0 radical (unpaired) electrons. The quantitative estimate of drug-likeness (QED) is 0.491. The summed E-state index contributed by atoms with van der Waals surface area (Å²) in [6.07, 6.45) is 23.8. The van der Waals surface area contributed by atoms with E-state index in [0.717, 1.165) is 11.8 Å². The van der Waals surface area contributed by atoms with E-state index >= 15 is 0 Å². The maximum Gasteiger partial charge on any atom is -0.0389 e. The summed E-state index contributed by atoms with van der Waals surface area (Å²) in [5.41, 5.74) is 0. The molecule has 20 heavy (non-hydrogen) atoms. The molecule has 1 saturated carbocycles. The highest BCUT2D eigenvalue weighted by molar-refractivity contribution is 4.69. The Labute approximate surface area is 129 Å². The van der Waals surface area contributed by atoms with Crippen molar-refractivity contribution >= 4 is 0 Å². The summed E-state index contributed by atoms with van der Waals surface area (Å²) in [5.74, 6) is 2.04. The predicted octanol–water partition coefficient (Wildman–Crippen LogP) is 7.51. The Hall–Kier alpha value is 0. The van der Waals surface area contributed by atoms with Gasteiger partial charge in [0.05, 0.1) is 0 Å². The largest absolute Gasteiger partial charge is 0.0651 e. The van der Waals surface area contributed by atoms with E-state index in [4.69, 9.17) is 0 Å². The van der Waals surface area contributed by atoms with Gasteiger partial charge in [-0.05, 0) is 11.8 Å². The monoisotopic (exact) mass is 280 g/mol. The Morgan fingerprint density at radius 2 is 0.700 bits per heavy atom. The zero-order chi connectivity index (χ0) is 14.5. The van der Waals surface area contributed by atoms with Gasteiger partial charge in [0.25, 0.3) is 0 Å².